The fourth-order valence-electron chi connectivity index (χ4n) is 5.14. The summed E-state index contributed by atoms with van der Waals surface area (Å²) in [5, 5.41) is 15.5. The van der Waals surface area contributed by atoms with Gasteiger partial charge in [0.25, 0.3) is 21.8 Å². The number of carbonyl (C=O) groups excluding carboxylic acids is 2. The molecule has 9 nitrogen and oxygen atoms in total. The molecule has 252 valence electrons. The Bertz CT molecular complexity index is 1640. The van der Waals surface area contributed by atoms with Crippen LogP contribution in [0.15, 0.2) is 71.6 Å². The molecular weight excluding hydrogens is 626 g/mol. The molecular formula is C35H42F2N4O5S. The molecule has 2 amide bonds. The van der Waals surface area contributed by atoms with Crippen molar-refractivity contribution in [3.8, 4) is 12.3 Å². The van der Waals surface area contributed by atoms with Crippen LogP contribution in [0, 0.1) is 24.0 Å². The Kier molecular flexibility index (Phi) is 14.0. The highest BCUT2D eigenvalue weighted by atomic mass is 32.2. The summed E-state index contributed by atoms with van der Waals surface area (Å²) < 4.78 is 54.3. The summed E-state index contributed by atoms with van der Waals surface area (Å²) in [5.74, 6) is -0.182. The van der Waals surface area contributed by atoms with Crippen LogP contribution < -0.4 is 10.1 Å². The first-order valence-corrected chi connectivity index (χ1v) is 17.1. The molecule has 0 spiro atoms. The molecule has 0 radical (unpaired) electrons. The third kappa shape index (κ3) is 11.0. The minimum atomic E-state index is -4.00. The molecule has 3 aromatic carbocycles. The fraction of sp³-hybridized carbons (Fsp3) is 0.371. The minimum Gasteiger partial charge on any atom is -0.390 e. The van der Waals surface area contributed by atoms with Gasteiger partial charge in [-0.2, -0.15) is 0 Å². The molecule has 0 aliphatic carbocycles. The summed E-state index contributed by atoms with van der Waals surface area (Å²) >= 11 is 0. The molecule has 0 aliphatic heterocycles. The van der Waals surface area contributed by atoms with Crippen LogP contribution in [-0.2, 0) is 16.4 Å². The predicted octanol–water partition coefficient (Wildman–Crippen LogP) is 4.52. The Balaban J connectivity index is 1.94. The molecule has 0 heterocycles. The van der Waals surface area contributed by atoms with E-state index in [-0.39, 0.29) is 47.0 Å². The van der Waals surface area contributed by atoms with Crippen LogP contribution in [0.1, 0.15) is 71.9 Å². The molecule has 3 aromatic rings. The lowest BCUT2D eigenvalue weighted by Crippen LogP contribution is -2.53. The molecule has 3 rings (SSSR count). The molecule has 3 N–H and O–H groups in total. The lowest BCUT2D eigenvalue weighted by Gasteiger charge is -2.30. The number of nitrogens with zero attached hydrogens (tertiary/aromatic N) is 2. The maximum Gasteiger partial charge on any atom is 0.253 e. The monoisotopic (exact) mass is 668 g/mol. The summed E-state index contributed by atoms with van der Waals surface area (Å²) in [4.78, 5) is 31.2. The number of terminal acetylenes is 1. The van der Waals surface area contributed by atoms with Gasteiger partial charge in [-0.1, -0.05) is 44.9 Å². The third-order valence-electron chi connectivity index (χ3n) is 7.25. The number of sulfonamides is 1. The average molecular weight is 669 g/mol. The highest BCUT2D eigenvalue weighted by Gasteiger charge is 2.28. The number of hydrazine groups is 1. The zero-order valence-corrected chi connectivity index (χ0v) is 27.7. The largest absolute Gasteiger partial charge is 0.390 e. The van der Waals surface area contributed by atoms with Crippen LogP contribution in [-0.4, -0.2) is 73.6 Å². The normalized spacial score (nSPS) is 12.7. The van der Waals surface area contributed by atoms with Gasteiger partial charge in [0.15, 0.2) is 0 Å². The van der Waals surface area contributed by atoms with Gasteiger partial charge < -0.3 is 15.3 Å². The van der Waals surface area contributed by atoms with Gasteiger partial charge in [-0.15, -0.1) is 11.3 Å². The molecule has 0 fully saturated rings. The minimum absolute atomic E-state index is 0.0193. The van der Waals surface area contributed by atoms with E-state index in [1.54, 1.807) is 23.1 Å². The zero-order valence-electron chi connectivity index (χ0n) is 26.9. The van der Waals surface area contributed by atoms with E-state index in [0.717, 1.165) is 25.0 Å². The van der Waals surface area contributed by atoms with E-state index in [9.17, 15) is 31.9 Å². The Morgan fingerprint density at radius 3 is 2.06 bits per heavy atom. The number of rotatable bonds is 17. The molecule has 47 heavy (non-hydrogen) atoms. The summed E-state index contributed by atoms with van der Waals surface area (Å²) in [7, 11) is -4.00. The lowest BCUT2D eigenvalue weighted by molar-refractivity contribution is 0.0618. The quantitative estimate of drug-likeness (QED) is 0.144. The number of halogens is 2. The van der Waals surface area contributed by atoms with Crippen molar-refractivity contribution in [2.75, 3.05) is 26.2 Å². The van der Waals surface area contributed by atoms with Crippen molar-refractivity contribution in [1.82, 2.24) is 20.1 Å². The maximum atomic E-state index is 14.1. The second-order valence-electron chi connectivity index (χ2n) is 11.2. The van der Waals surface area contributed by atoms with E-state index in [2.05, 4.69) is 16.1 Å². The molecule has 0 aromatic heterocycles. The number of carbonyl (C=O) groups is 2. The number of nitrogens with one attached hydrogen (secondary N) is 2. The van der Waals surface area contributed by atoms with Crippen LogP contribution in [0.2, 0.25) is 0 Å². The lowest BCUT2D eigenvalue weighted by atomic mass is 9.99. The van der Waals surface area contributed by atoms with E-state index in [4.69, 9.17) is 6.42 Å². The second-order valence-corrected chi connectivity index (χ2v) is 12.9. The van der Waals surface area contributed by atoms with Crippen molar-refractivity contribution in [2.45, 2.75) is 63.5 Å². The van der Waals surface area contributed by atoms with Gasteiger partial charge in [-0.05, 0) is 73.7 Å². The van der Waals surface area contributed by atoms with E-state index >= 15 is 0 Å². The zero-order chi connectivity index (χ0) is 34.6. The van der Waals surface area contributed by atoms with Gasteiger partial charge >= 0.3 is 0 Å². The van der Waals surface area contributed by atoms with E-state index < -0.39 is 39.7 Å². The SMILES string of the molecule is C#Cc1cc(C(=O)NC(Cc2cc(F)cc(F)c2)C(O)CN(CCC)NS(=O)(=O)c2ccccc2)cc(C(=O)N(CCC)CCC)c1. The first kappa shape index (κ1) is 37.3. The summed E-state index contributed by atoms with van der Waals surface area (Å²) in [6.07, 6.45) is 6.03. The van der Waals surface area contributed by atoms with Crippen LogP contribution >= 0.6 is 0 Å². The predicted molar refractivity (Wildman–Crippen MR) is 177 cm³/mol. The topological polar surface area (TPSA) is 119 Å². The Morgan fingerprint density at radius 2 is 1.49 bits per heavy atom. The van der Waals surface area contributed by atoms with Crippen LogP contribution in [0.5, 0.6) is 0 Å². The van der Waals surface area contributed by atoms with Crippen molar-refractivity contribution in [3.05, 3.63) is 101 Å². The first-order valence-electron chi connectivity index (χ1n) is 15.6. The highest BCUT2D eigenvalue weighted by Crippen LogP contribution is 2.17. The molecule has 2 unspecified atom stereocenters. The van der Waals surface area contributed by atoms with Crippen molar-refractivity contribution >= 4 is 21.8 Å². The number of aliphatic hydroxyl groups is 1. The number of amides is 2. The van der Waals surface area contributed by atoms with Crippen LogP contribution in [0.3, 0.4) is 0 Å². The van der Waals surface area contributed by atoms with Crippen LogP contribution in [0.4, 0.5) is 8.78 Å². The summed E-state index contributed by atoms with van der Waals surface area (Å²) in [5.41, 5.74) is 0.722. The molecule has 0 aliphatic rings. The van der Waals surface area contributed by atoms with Gasteiger partial charge in [-0.3, -0.25) is 9.59 Å². The number of benzene rings is 3. The van der Waals surface area contributed by atoms with Crippen molar-refractivity contribution in [3.63, 3.8) is 0 Å². The molecule has 0 saturated heterocycles. The van der Waals surface area contributed by atoms with Gasteiger partial charge in [0.2, 0.25) is 0 Å². The van der Waals surface area contributed by atoms with Crippen molar-refractivity contribution < 1.29 is 31.9 Å². The molecule has 2 atom stereocenters. The maximum absolute atomic E-state index is 14.1. The third-order valence-corrected chi connectivity index (χ3v) is 8.64. The first-order chi connectivity index (χ1) is 22.4. The van der Waals surface area contributed by atoms with E-state index in [1.165, 1.54) is 35.3 Å². The second kappa shape index (κ2) is 17.7. The van der Waals surface area contributed by atoms with Gasteiger partial charge in [-0.25, -0.2) is 22.2 Å². The van der Waals surface area contributed by atoms with Crippen molar-refractivity contribution in [2.24, 2.45) is 0 Å². The molecule has 0 bridgehead atoms. The Hall–Kier alpha value is -4.15. The Labute approximate surface area is 276 Å². The fourth-order valence-corrected chi connectivity index (χ4v) is 6.27. The standard InChI is InChI=1S/C35H42F2N4O5S/c1-5-14-40(15-6-2)35(44)28-18-25(8-4)17-27(22-28)34(43)38-32(21-26-19-29(36)23-30(37)20-26)33(42)24-41(16-7-3)39-47(45,46)31-12-10-9-11-13-31/h4,9-13,17-20,22-23,32-33,39,42H,5-7,14-16,21,24H2,1-3H3,(H,38,43). The van der Waals surface area contributed by atoms with Crippen LogP contribution in [0.25, 0.3) is 0 Å². The Morgan fingerprint density at radius 1 is 0.894 bits per heavy atom. The van der Waals surface area contributed by atoms with E-state index in [0.29, 0.717) is 31.1 Å². The summed E-state index contributed by atoms with van der Waals surface area (Å²) in [6.45, 7) is 6.71. The molecule has 0 saturated carbocycles. The van der Waals surface area contributed by atoms with Gasteiger partial charge in [0.1, 0.15) is 11.6 Å². The summed E-state index contributed by atoms with van der Waals surface area (Å²) in [6, 6.07) is 13.8. The number of hydrogen-bond donors (Lipinski definition) is 3. The highest BCUT2D eigenvalue weighted by molar-refractivity contribution is 7.89. The smallest absolute Gasteiger partial charge is 0.253 e. The average Bonchev–Trinajstić information content (AvgIpc) is 3.03. The number of hydrogen-bond acceptors (Lipinski definition) is 6. The van der Waals surface area contributed by atoms with Crippen molar-refractivity contribution in [1.29, 1.82) is 0 Å². The molecule has 12 heteroatoms. The van der Waals surface area contributed by atoms with E-state index in [1.807, 2.05) is 20.8 Å². The number of aliphatic hydroxyl groups excluding tert-OH is 1. The van der Waals surface area contributed by atoms with Gasteiger partial charge in [0, 0.05) is 48.9 Å². The van der Waals surface area contributed by atoms with Gasteiger partial charge in [0.05, 0.1) is 17.0 Å².